The van der Waals surface area contributed by atoms with Gasteiger partial charge in [-0.3, -0.25) is 4.99 Å². The van der Waals surface area contributed by atoms with Crippen LogP contribution in [0.15, 0.2) is 39.1 Å². The van der Waals surface area contributed by atoms with Crippen LogP contribution in [0.4, 0.5) is 0 Å². The van der Waals surface area contributed by atoms with Crippen LogP contribution in [0.25, 0.3) is 0 Å². The Morgan fingerprint density at radius 2 is 2.25 bits per heavy atom. The SMILES string of the molecule is CN=C(NCc1cccs1)NCC(O)c1ccc(C)o1. The largest absolute Gasteiger partial charge is 0.464 e. The predicted octanol–water partition coefficient (Wildman–Crippen LogP) is 2.05. The van der Waals surface area contributed by atoms with E-state index in [9.17, 15) is 5.11 Å². The third-order valence-corrected chi connectivity index (χ3v) is 3.66. The van der Waals surface area contributed by atoms with Crippen molar-refractivity contribution in [2.45, 2.75) is 19.6 Å². The molecule has 0 aromatic carbocycles. The highest BCUT2D eigenvalue weighted by atomic mass is 32.1. The van der Waals surface area contributed by atoms with Gasteiger partial charge in [-0.05, 0) is 30.5 Å². The zero-order chi connectivity index (χ0) is 14.4. The van der Waals surface area contributed by atoms with Crippen LogP contribution in [0.5, 0.6) is 0 Å². The highest BCUT2D eigenvalue weighted by Gasteiger charge is 2.12. The first kappa shape index (κ1) is 14.6. The van der Waals surface area contributed by atoms with Crippen molar-refractivity contribution in [2.24, 2.45) is 4.99 Å². The van der Waals surface area contributed by atoms with E-state index in [0.717, 1.165) is 5.76 Å². The smallest absolute Gasteiger partial charge is 0.191 e. The lowest BCUT2D eigenvalue weighted by molar-refractivity contribution is 0.151. The Hall–Kier alpha value is -1.79. The number of hydrogen-bond donors (Lipinski definition) is 3. The molecule has 20 heavy (non-hydrogen) atoms. The van der Waals surface area contributed by atoms with Gasteiger partial charge >= 0.3 is 0 Å². The maximum atomic E-state index is 9.99. The van der Waals surface area contributed by atoms with Crippen LogP contribution in [0.3, 0.4) is 0 Å². The van der Waals surface area contributed by atoms with Gasteiger partial charge in [-0.2, -0.15) is 0 Å². The number of nitrogens with zero attached hydrogens (tertiary/aromatic N) is 1. The van der Waals surface area contributed by atoms with Crippen LogP contribution < -0.4 is 10.6 Å². The summed E-state index contributed by atoms with van der Waals surface area (Å²) in [6.45, 7) is 2.91. The molecule has 108 valence electrons. The van der Waals surface area contributed by atoms with E-state index in [1.54, 1.807) is 24.5 Å². The molecule has 0 spiro atoms. The Morgan fingerprint density at radius 1 is 1.40 bits per heavy atom. The second kappa shape index (κ2) is 7.12. The molecule has 2 heterocycles. The molecular weight excluding hydrogens is 274 g/mol. The molecule has 2 aromatic heterocycles. The van der Waals surface area contributed by atoms with Crippen LogP contribution in [-0.4, -0.2) is 24.7 Å². The fourth-order valence-electron chi connectivity index (χ4n) is 1.73. The van der Waals surface area contributed by atoms with Gasteiger partial charge < -0.3 is 20.2 Å². The Bertz CT molecular complexity index is 549. The molecule has 0 aliphatic heterocycles. The van der Waals surface area contributed by atoms with E-state index in [1.165, 1.54) is 4.88 Å². The van der Waals surface area contributed by atoms with Crippen molar-refractivity contribution in [1.82, 2.24) is 10.6 Å². The quantitative estimate of drug-likeness (QED) is 0.583. The maximum absolute atomic E-state index is 9.99. The standard InChI is InChI=1S/C14H19N3O2S/c1-10-5-6-13(19-10)12(18)9-17-14(15-2)16-8-11-4-3-7-20-11/h3-7,12,18H,8-9H2,1-2H3,(H2,15,16,17). The third kappa shape index (κ3) is 4.11. The van der Waals surface area contributed by atoms with E-state index in [1.807, 2.05) is 24.4 Å². The predicted molar refractivity (Wildman–Crippen MR) is 80.9 cm³/mol. The Morgan fingerprint density at radius 3 is 2.85 bits per heavy atom. The van der Waals surface area contributed by atoms with E-state index >= 15 is 0 Å². The second-order valence-electron chi connectivity index (χ2n) is 4.35. The topological polar surface area (TPSA) is 69.8 Å². The molecule has 0 aliphatic rings. The minimum absolute atomic E-state index is 0.344. The van der Waals surface area contributed by atoms with Crippen molar-refractivity contribution >= 4 is 17.3 Å². The monoisotopic (exact) mass is 293 g/mol. The number of aliphatic imine (C=N–C) groups is 1. The molecular formula is C14H19N3O2S. The van der Waals surface area contributed by atoms with Gasteiger partial charge in [-0.1, -0.05) is 6.07 Å². The first-order valence-corrected chi connectivity index (χ1v) is 7.28. The first-order valence-electron chi connectivity index (χ1n) is 6.40. The number of aliphatic hydroxyl groups excluding tert-OH is 1. The zero-order valence-corrected chi connectivity index (χ0v) is 12.4. The Kier molecular flexibility index (Phi) is 5.20. The average molecular weight is 293 g/mol. The summed E-state index contributed by atoms with van der Waals surface area (Å²) < 4.78 is 5.38. The second-order valence-corrected chi connectivity index (χ2v) is 5.38. The van der Waals surface area contributed by atoms with Crippen LogP contribution in [0.2, 0.25) is 0 Å². The van der Waals surface area contributed by atoms with Crippen LogP contribution in [0.1, 0.15) is 22.5 Å². The highest BCUT2D eigenvalue weighted by molar-refractivity contribution is 7.09. The molecule has 1 unspecified atom stereocenters. The van der Waals surface area contributed by atoms with E-state index in [4.69, 9.17) is 4.42 Å². The van der Waals surface area contributed by atoms with Gasteiger partial charge in [0.15, 0.2) is 5.96 Å². The van der Waals surface area contributed by atoms with E-state index in [-0.39, 0.29) is 0 Å². The van der Waals surface area contributed by atoms with Crippen molar-refractivity contribution < 1.29 is 9.52 Å². The molecule has 0 fully saturated rings. The van der Waals surface area contributed by atoms with Gasteiger partial charge in [0.1, 0.15) is 17.6 Å². The van der Waals surface area contributed by atoms with Gasteiger partial charge in [0.05, 0.1) is 13.1 Å². The molecule has 1 atom stereocenters. The summed E-state index contributed by atoms with van der Waals surface area (Å²) in [6, 6.07) is 7.69. The first-order chi connectivity index (χ1) is 9.69. The summed E-state index contributed by atoms with van der Waals surface area (Å²) in [4.78, 5) is 5.35. The molecule has 6 heteroatoms. The average Bonchev–Trinajstić information content (AvgIpc) is 3.10. The number of rotatable bonds is 5. The van der Waals surface area contributed by atoms with Crippen LogP contribution in [0, 0.1) is 6.92 Å². The van der Waals surface area contributed by atoms with Gasteiger partial charge in [-0.25, -0.2) is 0 Å². The third-order valence-electron chi connectivity index (χ3n) is 2.79. The number of aliphatic hydroxyl groups is 1. The maximum Gasteiger partial charge on any atom is 0.191 e. The molecule has 2 aromatic rings. The summed E-state index contributed by atoms with van der Waals surface area (Å²) in [5, 5.41) is 18.3. The molecule has 3 N–H and O–H groups in total. The van der Waals surface area contributed by atoms with Crippen molar-refractivity contribution in [1.29, 1.82) is 0 Å². The minimum Gasteiger partial charge on any atom is -0.464 e. The Labute approximate surface area is 122 Å². The molecule has 2 rings (SSSR count). The summed E-state index contributed by atoms with van der Waals surface area (Å²) in [5.74, 6) is 2.00. The molecule has 0 aliphatic carbocycles. The van der Waals surface area contributed by atoms with Crippen molar-refractivity contribution in [3.63, 3.8) is 0 Å². The van der Waals surface area contributed by atoms with E-state index in [0.29, 0.717) is 24.8 Å². The fourth-order valence-corrected chi connectivity index (χ4v) is 2.38. The number of thiophene rings is 1. The van der Waals surface area contributed by atoms with Crippen molar-refractivity contribution in [3.05, 3.63) is 46.0 Å². The molecule has 0 amide bonds. The number of hydrogen-bond acceptors (Lipinski definition) is 4. The molecule has 5 nitrogen and oxygen atoms in total. The van der Waals surface area contributed by atoms with Crippen LogP contribution >= 0.6 is 11.3 Å². The summed E-state index contributed by atoms with van der Waals surface area (Å²) in [6.07, 6.45) is -0.691. The number of guanidine groups is 1. The lowest BCUT2D eigenvalue weighted by Gasteiger charge is -2.13. The van der Waals surface area contributed by atoms with Crippen molar-refractivity contribution in [2.75, 3.05) is 13.6 Å². The fraction of sp³-hybridized carbons (Fsp3) is 0.357. The molecule has 0 bridgehead atoms. The Balaban J connectivity index is 1.79. The van der Waals surface area contributed by atoms with E-state index in [2.05, 4.69) is 21.7 Å². The van der Waals surface area contributed by atoms with Gasteiger partial charge in [0, 0.05) is 11.9 Å². The lowest BCUT2D eigenvalue weighted by Crippen LogP contribution is -2.38. The summed E-state index contributed by atoms with van der Waals surface area (Å²) >= 11 is 1.69. The highest BCUT2D eigenvalue weighted by Crippen LogP contribution is 2.15. The normalized spacial score (nSPS) is 13.2. The van der Waals surface area contributed by atoms with Gasteiger partial charge in [0.2, 0.25) is 0 Å². The van der Waals surface area contributed by atoms with E-state index < -0.39 is 6.10 Å². The summed E-state index contributed by atoms with van der Waals surface area (Å²) in [5.41, 5.74) is 0. The summed E-state index contributed by atoms with van der Waals surface area (Å²) in [7, 11) is 1.70. The molecule has 0 saturated heterocycles. The number of furan rings is 1. The van der Waals surface area contributed by atoms with Crippen molar-refractivity contribution in [3.8, 4) is 0 Å². The number of aryl methyl sites for hydroxylation is 1. The lowest BCUT2D eigenvalue weighted by atomic mass is 10.3. The van der Waals surface area contributed by atoms with Crippen LogP contribution in [-0.2, 0) is 6.54 Å². The molecule has 0 saturated carbocycles. The zero-order valence-electron chi connectivity index (χ0n) is 11.6. The molecule has 0 radical (unpaired) electrons. The van der Waals surface area contributed by atoms with Gasteiger partial charge in [0.25, 0.3) is 0 Å². The number of nitrogens with one attached hydrogen (secondary N) is 2. The minimum atomic E-state index is -0.691. The van der Waals surface area contributed by atoms with Gasteiger partial charge in [-0.15, -0.1) is 11.3 Å².